The van der Waals surface area contributed by atoms with Crippen molar-refractivity contribution in [3.63, 3.8) is 0 Å². The van der Waals surface area contributed by atoms with Crippen LogP contribution in [0.2, 0.25) is 0 Å². The molecule has 0 aromatic heterocycles. The Balaban J connectivity index is 2.64. The van der Waals surface area contributed by atoms with E-state index in [1.165, 1.54) is 12.7 Å². The Morgan fingerprint density at radius 1 is 1.56 bits per heavy atom. The molecule has 1 aromatic carbocycles. The van der Waals surface area contributed by atoms with Crippen LogP contribution in [0.1, 0.15) is 24.9 Å². The Labute approximate surface area is 104 Å². The zero-order valence-electron chi connectivity index (χ0n) is 9.50. The van der Waals surface area contributed by atoms with Crippen molar-refractivity contribution < 1.29 is 9.53 Å². The van der Waals surface area contributed by atoms with Crippen molar-refractivity contribution in [2.75, 3.05) is 13.7 Å². The second-order valence-corrected chi connectivity index (χ2v) is 4.39. The lowest BCUT2D eigenvalue weighted by Gasteiger charge is -2.16. The van der Waals surface area contributed by atoms with Crippen LogP contribution >= 0.6 is 15.9 Å². The summed E-state index contributed by atoms with van der Waals surface area (Å²) >= 11 is 3.43. The minimum absolute atomic E-state index is 0.177. The summed E-state index contributed by atoms with van der Waals surface area (Å²) in [5.41, 5.74) is 1.17. The molecule has 0 aliphatic rings. The topological polar surface area (TPSA) is 38.3 Å². The number of carbonyl (C=O) groups excluding carboxylic acids is 1. The molecule has 16 heavy (non-hydrogen) atoms. The highest BCUT2D eigenvalue weighted by molar-refractivity contribution is 9.10. The number of nitrogens with one attached hydrogen (secondary N) is 1. The summed E-state index contributed by atoms with van der Waals surface area (Å²) in [7, 11) is 1.39. The summed E-state index contributed by atoms with van der Waals surface area (Å²) in [5, 5.41) is 3.17. The molecule has 1 unspecified atom stereocenters. The normalized spacial score (nSPS) is 12.2. The van der Waals surface area contributed by atoms with Crippen molar-refractivity contribution in [1.82, 2.24) is 5.32 Å². The van der Waals surface area contributed by atoms with Crippen molar-refractivity contribution in [2.24, 2.45) is 0 Å². The van der Waals surface area contributed by atoms with E-state index in [0.717, 1.165) is 10.9 Å². The van der Waals surface area contributed by atoms with E-state index in [0.29, 0.717) is 0 Å². The molecule has 4 heteroatoms. The van der Waals surface area contributed by atoms with E-state index in [9.17, 15) is 4.79 Å². The number of halogens is 1. The van der Waals surface area contributed by atoms with Gasteiger partial charge in [-0.15, -0.1) is 0 Å². The molecular formula is C12H16BrNO2. The van der Waals surface area contributed by atoms with E-state index < -0.39 is 0 Å². The van der Waals surface area contributed by atoms with Gasteiger partial charge in [0.25, 0.3) is 0 Å². The summed E-state index contributed by atoms with van der Waals surface area (Å²) < 4.78 is 5.64. The van der Waals surface area contributed by atoms with E-state index >= 15 is 0 Å². The SMILES string of the molecule is CCC(NCC(=O)OC)c1cccc(Br)c1. The van der Waals surface area contributed by atoms with Crippen molar-refractivity contribution >= 4 is 21.9 Å². The average Bonchev–Trinajstić information content (AvgIpc) is 2.29. The van der Waals surface area contributed by atoms with Gasteiger partial charge in [-0.25, -0.2) is 0 Å². The van der Waals surface area contributed by atoms with Crippen molar-refractivity contribution in [3.05, 3.63) is 34.3 Å². The van der Waals surface area contributed by atoms with E-state index in [1.807, 2.05) is 18.2 Å². The molecular weight excluding hydrogens is 270 g/mol. The predicted octanol–water partition coefficient (Wildman–Crippen LogP) is 2.66. The largest absolute Gasteiger partial charge is 0.468 e. The van der Waals surface area contributed by atoms with Gasteiger partial charge in [-0.1, -0.05) is 35.0 Å². The van der Waals surface area contributed by atoms with Crippen LogP contribution in [0.4, 0.5) is 0 Å². The first-order chi connectivity index (χ1) is 7.67. The summed E-state index contributed by atoms with van der Waals surface area (Å²) in [4.78, 5) is 11.0. The van der Waals surface area contributed by atoms with E-state index in [-0.39, 0.29) is 18.6 Å². The predicted molar refractivity (Wildman–Crippen MR) is 67.2 cm³/mol. The van der Waals surface area contributed by atoms with Gasteiger partial charge >= 0.3 is 5.97 Å². The summed E-state index contributed by atoms with van der Waals surface area (Å²) in [6.07, 6.45) is 0.924. The van der Waals surface area contributed by atoms with Gasteiger partial charge in [-0.3, -0.25) is 4.79 Å². The van der Waals surface area contributed by atoms with E-state index in [1.54, 1.807) is 0 Å². The molecule has 0 aliphatic carbocycles. The fourth-order valence-corrected chi connectivity index (χ4v) is 1.92. The first-order valence-electron chi connectivity index (χ1n) is 5.23. The van der Waals surface area contributed by atoms with Crippen LogP contribution < -0.4 is 5.32 Å². The molecule has 0 amide bonds. The molecule has 1 rings (SSSR count). The number of methoxy groups -OCH3 is 1. The molecule has 3 nitrogen and oxygen atoms in total. The molecule has 88 valence electrons. The number of hydrogen-bond acceptors (Lipinski definition) is 3. The fourth-order valence-electron chi connectivity index (χ4n) is 1.50. The molecule has 1 aromatic rings. The lowest BCUT2D eigenvalue weighted by molar-refractivity contribution is -0.139. The second-order valence-electron chi connectivity index (χ2n) is 3.47. The van der Waals surface area contributed by atoms with Gasteiger partial charge in [0.15, 0.2) is 0 Å². The lowest BCUT2D eigenvalue weighted by Crippen LogP contribution is -2.28. The van der Waals surface area contributed by atoms with Crippen LogP contribution in [-0.4, -0.2) is 19.6 Å². The van der Waals surface area contributed by atoms with Gasteiger partial charge in [0.05, 0.1) is 13.7 Å². The van der Waals surface area contributed by atoms with E-state index in [2.05, 4.69) is 39.0 Å². The molecule has 0 fully saturated rings. The minimum atomic E-state index is -0.242. The number of hydrogen-bond donors (Lipinski definition) is 1. The first kappa shape index (κ1) is 13.2. The summed E-state index contributed by atoms with van der Waals surface area (Å²) in [6, 6.07) is 8.25. The Bertz CT molecular complexity index is 355. The zero-order chi connectivity index (χ0) is 12.0. The van der Waals surface area contributed by atoms with Gasteiger partial charge in [-0.2, -0.15) is 0 Å². The lowest BCUT2D eigenvalue weighted by atomic mass is 10.0. The van der Waals surface area contributed by atoms with Crippen LogP contribution in [-0.2, 0) is 9.53 Å². The standard InChI is InChI=1S/C12H16BrNO2/c1-3-11(14-8-12(15)16-2)9-5-4-6-10(13)7-9/h4-7,11,14H,3,8H2,1-2H3. The van der Waals surface area contributed by atoms with Crippen LogP contribution in [0.5, 0.6) is 0 Å². The number of rotatable bonds is 5. The maximum atomic E-state index is 11.0. The van der Waals surface area contributed by atoms with Gasteiger partial charge in [0.2, 0.25) is 0 Å². The first-order valence-corrected chi connectivity index (χ1v) is 6.02. The monoisotopic (exact) mass is 285 g/mol. The quantitative estimate of drug-likeness (QED) is 0.846. The Hall–Kier alpha value is -0.870. The molecule has 0 saturated heterocycles. The highest BCUT2D eigenvalue weighted by Gasteiger charge is 2.10. The molecule has 0 bridgehead atoms. The zero-order valence-corrected chi connectivity index (χ0v) is 11.1. The maximum absolute atomic E-state index is 11.0. The molecule has 0 heterocycles. The van der Waals surface area contributed by atoms with Crippen LogP contribution in [0.25, 0.3) is 0 Å². The summed E-state index contributed by atoms with van der Waals surface area (Å²) in [6.45, 7) is 2.32. The second kappa shape index (κ2) is 6.66. The Morgan fingerprint density at radius 3 is 2.88 bits per heavy atom. The summed E-state index contributed by atoms with van der Waals surface area (Å²) in [5.74, 6) is -0.242. The Morgan fingerprint density at radius 2 is 2.31 bits per heavy atom. The molecule has 1 atom stereocenters. The number of carbonyl (C=O) groups is 1. The molecule has 0 radical (unpaired) electrons. The van der Waals surface area contributed by atoms with Crippen LogP contribution in [0.3, 0.4) is 0 Å². The number of ether oxygens (including phenoxy) is 1. The van der Waals surface area contributed by atoms with Crippen molar-refractivity contribution in [3.8, 4) is 0 Å². The molecule has 0 spiro atoms. The average molecular weight is 286 g/mol. The van der Waals surface area contributed by atoms with E-state index in [4.69, 9.17) is 0 Å². The van der Waals surface area contributed by atoms with Gasteiger partial charge in [0.1, 0.15) is 0 Å². The highest BCUT2D eigenvalue weighted by Crippen LogP contribution is 2.20. The van der Waals surface area contributed by atoms with Crippen LogP contribution in [0, 0.1) is 0 Å². The molecule has 0 saturated carbocycles. The third-order valence-electron chi connectivity index (χ3n) is 2.38. The smallest absolute Gasteiger partial charge is 0.319 e. The van der Waals surface area contributed by atoms with Crippen molar-refractivity contribution in [1.29, 1.82) is 0 Å². The fraction of sp³-hybridized carbons (Fsp3) is 0.417. The molecule has 1 N–H and O–H groups in total. The maximum Gasteiger partial charge on any atom is 0.319 e. The van der Waals surface area contributed by atoms with Gasteiger partial charge in [0, 0.05) is 10.5 Å². The minimum Gasteiger partial charge on any atom is -0.468 e. The van der Waals surface area contributed by atoms with Crippen LogP contribution in [0.15, 0.2) is 28.7 Å². The van der Waals surface area contributed by atoms with Gasteiger partial charge < -0.3 is 10.1 Å². The number of benzene rings is 1. The third kappa shape index (κ3) is 3.94. The number of esters is 1. The van der Waals surface area contributed by atoms with Crippen molar-refractivity contribution in [2.45, 2.75) is 19.4 Å². The van der Waals surface area contributed by atoms with Gasteiger partial charge in [-0.05, 0) is 24.1 Å². The third-order valence-corrected chi connectivity index (χ3v) is 2.87. The molecule has 0 aliphatic heterocycles. The highest BCUT2D eigenvalue weighted by atomic mass is 79.9. The Kier molecular flexibility index (Phi) is 5.49.